The number of urea groups is 1. The number of aliphatic carboxylic acids is 1. The molecule has 1 aliphatic carbocycles. The molecule has 0 heterocycles. The van der Waals surface area contributed by atoms with E-state index >= 15 is 0 Å². The average molecular weight is 290 g/mol. The Balaban J connectivity index is 1.90. The molecule has 1 fully saturated rings. The van der Waals surface area contributed by atoms with Crippen molar-refractivity contribution in [3.8, 4) is 0 Å². The molecule has 2 rings (SSSR count). The van der Waals surface area contributed by atoms with E-state index in [2.05, 4.69) is 17.6 Å². The van der Waals surface area contributed by atoms with Gasteiger partial charge in [0.1, 0.15) is 0 Å². The van der Waals surface area contributed by atoms with E-state index in [4.69, 9.17) is 5.11 Å². The van der Waals surface area contributed by atoms with Gasteiger partial charge in [-0.2, -0.15) is 0 Å². The molecular weight excluding hydrogens is 268 g/mol. The summed E-state index contributed by atoms with van der Waals surface area (Å²) in [7, 11) is 0. The lowest BCUT2D eigenvalue weighted by Gasteiger charge is -2.41. The van der Waals surface area contributed by atoms with Crippen molar-refractivity contribution in [2.45, 2.75) is 51.1 Å². The number of rotatable bonds is 6. The number of amides is 2. The van der Waals surface area contributed by atoms with Crippen LogP contribution in [-0.4, -0.2) is 22.6 Å². The molecule has 0 radical (unpaired) electrons. The Bertz CT molecular complexity index is 518. The summed E-state index contributed by atoms with van der Waals surface area (Å²) in [4.78, 5) is 22.8. The Morgan fingerprint density at radius 2 is 1.90 bits per heavy atom. The van der Waals surface area contributed by atoms with E-state index in [0.717, 1.165) is 36.8 Å². The number of benzene rings is 1. The Morgan fingerprint density at radius 1 is 1.24 bits per heavy atom. The SMILES string of the molecule is CCC1(NC(=O)NCc2ccccc2CC(=O)O)CCC1. The van der Waals surface area contributed by atoms with Gasteiger partial charge >= 0.3 is 12.0 Å². The molecule has 3 N–H and O–H groups in total. The number of carboxylic acids is 1. The van der Waals surface area contributed by atoms with Crippen molar-refractivity contribution in [3.05, 3.63) is 35.4 Å². The summed E-state index contributed by atoms with van der Waals surface area (Å²) in [6.07, 6.45) is 4.14. The van der Waals surface area contributed by atoms with Crippen LogP contribution in [0.4, 0.5) is 4.79 Å². The van der Waals surface area contributed by atoms with Crippen LogP contribution in [0.5, 0.6) is 0 Å². The summed E-state index contributed by atoms with van der Waals surface area (Å²) in [5, 5.41) is 14.8. The van der Waals surface area contributed by atoms with E-state index in [0.29, 0.717) is 6.54 Å². The molecular formula is C16H22N2O3. The molecule has 0 atom stereocenters. The van der Waals surface area contributed by atoms with Gasteiger partial charge < -0.3 is 15.7 Å². The van der Waals surface area contributed by atoms with Crippen molar-refractivity contribution in [2.24, 2.45) is 0 Å². The lowest BCUT2D eigenvalue weighted by Crippen LogP contribution is -2.55. The molecule has 5 nitrogen and oxygen atoms in total. The van der Waals surface area contributed by atoms with Crippen LogP contribution in [0, 0.1) is 0 Å². The highest BCUT2D eigenvalue weighted by Gasteiger charge is 2.36. The zero-order valence-corrected chi connectivity index (χ0v) is 12.3. The van der Waals surface area contributed by atoms with E-state index in [-0.39, 0.29) is 18.0 Å². The van der Waals surface area contributed by atoms with Crippen molar-refractivity contribution >= 4 is 12.0 Å². The Hall–Kier alpha value is -2.04. The summed E-state index contributed by atoms with van der Waals surface area (Å²) in [5.74, 6) is -0.869. The highest BCUT2D eigenvalue weighted by molar-refractivity contribution is 5.75. The van der Waals surface area contributed by atoms with Crippen molar-refractivity contribution in [3.63, 3.8) is 0 Å². The van der Waals surface area contributed by atoms with Gasteiger partial charge in [-0.05, 0) is 36.8 Å². The Kier molecular flexibility index (Phi) is 4.83. The number of carbonyl (C=O) groups excluding carboxylic acids is 1. The average Bonchev–Trinajstić information content (AvgIpc) is 2.41. The molecule has 1 aliphatic rings. The molecule has 21 heavy (non-hydrogen) atoms. The minimum absolute atomic E-state index is 0.0294. The monoisotopic (exact) mass is 290 g/mol. The fraction of sp³-hybridized carbons (Fsp3) is 0.500. The van der Waals surface area contributed by atoms with Crippen LogP contribution in [-0.2, 0) is 17.8 Å². The maximum atomic E-state index is 12.0. The second-order valence-electron chi connectivity index (χ2n) is 5.63. The van der Waals surface area contributed by atoms with Crippen LogP contribution in [0.25, 0.3) is 0 Å². The normalized spacial score (nSPS) is 15.9. The molecule has 0 aromatic heterocycles. The molecule has 1 aromatic rings. The molecule has 2 amide bonds. The minimum atomic E-state index is -0.869. The fourth-order valence-electron chi connectivity index (χ4n) is 2.70. The first kappa shape index (κ1) is 15.4. The largest absolute Gasteiger partial charge is 0.481 e. The molecule has 1 saturated carbocycles. The van der Waals surface area contributed by atoms with E-state index in [1.54, 1.807) is 6.07 Å². The molecule has 0 aliphatic heterocycles. The number of nitrogens with one attached hydrogen (secondary N) is 2. The van der Waals surface area contributed by atoms with Gasteiger partial charge in [0.25, 0.3) is 0 Å². The second kappa shape index (κ2) is 6.61. The van der Waals surface area contributed by atoms with E-state index in [1.807, 2.05) is 18.2 Å². The van der Waals surface area contributed by atoms with Crippen LogP contribution in [0.1, 0.15) is 43.7 Å². The number of hydrogen-bond acceptors (Lipinski definition) is 2. The third-order valence-electron chi connectivity index (χ3n) is 4.27. The number of carbonyl (C=O) groups is 2. The van der Waals surface area contributed by atoms with Crippen LogP contribution in [0.2, 0.25) is 0 Å². The zero-order chi connectivity index (χ0) is 15.3. The summed E-state index contributed by atoms with van der Waals surface area (Å²) in [6.45, 7) is 2.43. The van der Waals surface area contributed by atoms with Gasteiger partial charge in [-0.15, -0.1) is 0 Å². The van der Waals surface area contributed by atoms with Crippen LogP contribution in [0.3, 0.4) is 0 Å². The minimum Gasteiger partial charge on any atom is -0.481 e. The summed E-state index contributed by atoms with van der Waals surface area (Å²) >= 11 is 0. The molecule has 0 saturated heterocycles. The van der Waals surface area contributed by atoms with Gasteiger partial charge in [0, 0.05) is 12.1 Å². The van der Waals surface area contributed by atoms with Crippen molar-refractivity contribution in [1.82, 2.24) is 10.6 Å². The first-order chi connectivity index (χ1) is 10.0. The summed E-state index contributed by atoms with van der Waals surface area (Å²) in [5.41, 5.74) is 1.54. The quantitative estimate of drug-likeness (QED) is 0.753. The zero-order valence-electron chi connectivity index (χ0n) is 12.3. The number of carboxylic acid groups (broad SMARTS) is 1. The van der Waals surface area contributed by atoms with Gasteiger partial charge in [-0.25, -0.2) is 4.79 Å². The third kappa shape index (κ3) is 3.97. The second-order valence-corrected chi connectivity index (χ2v) is 5.63. The predicted molar refractivity (Wildman–Crippen MR) is 80.0 cm³/mol. The van der Waals surface area contributed by atoms with Crippen molar-refractivity contribution in [1.29, 1.82) is 0 Å². The number of hydrogen-bond donors (Lipinski definition) is 3. The van der Waals surface area contributed by atoms with Crippen LogP contribution in [0.15, 0.2) is 24.3 Å². The maximum Gasteiger partial charge on any atom is 0.315 e. The first-order valence-electron chi connectivity index (χ1n) is 7.39. The highest BCUT2D eigenvalue weighted by atomic mass is 16.4. The summed E-state index contributed by atoms with van der Waals surface area (Å²) < 4.78 is 0. The van der Waals surface area contributed by atoms with Crippen molar-refractivity contribution < 1.29 is 14.7 Å². The molecule has 5 heteroatoms. The first-order valence-corrected chi connectivity index (χ1v) is 7.39. The molecule has 0 spiro atoms. The van der Waals surface area contributed by atoms with Gasteiger partial charge in [-0.3, -0.25) is 4.79 Å². The smallest absolute Gasteiger partial charge is 0.315 e. The lowest BCUT2D eigenvalue weighted by atomic mass is 9.75. The fourth-order valence-corrected chi connectivity index (χ4v) is 2.70. The van der Waals surface area contributed by atoms with Crippen LogP contribution < -0.4 is 10.6 Å². The molecule has 1 aromatic carbocycles. The Labute approximate surface area is 124 Å². The van der Waals surface area contributed by atoms with Crippen molar-refractivity contribution in [2.75, 3.05) is 0 Å². The van der Waals surface area contributed by atoms with E-state index in [1.165, 1.54) is 0 Å². The predicted octanol–water partition coefficient (Wildman–Crippen LogP) is 2.45. The van der Waals surface area contributed by atoms with Gasteiger partial charge in [0.15, 0.2) is 0 Å². The standard InChI is InChI=1S/C16H22N2O3/c1-2-16(8-5-9-16)18-15(21)17-11-13-7-4-3-6-12(13)10-14(19)20/h3-4,6-7H,2,5,8-11H2,1H3,(H,19,20)(H2,17,18,21). The molecule has 114 valence electrons. The van der Waals surface area contributed by atoms with Gasteiger partial charge in [0.05, 0.1) is 6.42 Å². The third-order valence-corrected chi connectivity index (χ3v) is 4.27. The topological polar surface area (TPSA) is 78.4 Å². The summed E-state index contributed by atoms with van der Waals surface area (Å²) in [6, 6.07) is 7.10. The van der Waals surface area contributed by atoms with E-state index < -0.39 is 5.97 Å². The maximum absolute atomic E-state index is 12.0. The van der Waals surface area contributed by atoms with Gasteiger partial charge in [0.2, 0.25) is 0 Å². The highest BCUT2D eigenvalue weighted by Crippen LogP contribution is 2.34. The molecule has 0 bridgehead atoms. The van der Waals surface area contributed by atoms with Gasteiger partial charge in [-0.1, -0.05) is 31.2 Å². The van der Waals surface area contributed by atoms with Crippen LogP contribution >= 0.6 is 0 Å². The lowest BCUT2D eigenvalue weighted by molar-refractivity contribution is -0.136. The Morgan fingerprint density at radius 3 is 2.43 bits per heavy atom. The van der Waals surface area contributed by atoms with E-state index in [9.17, 15) is 9.59 Å². The molecule has 0 unspecified atom stereocenters.